The summed E-state index contributed by atoms with van der Waals surface area (Å²) in [7, 11) is 0. The molecule has 0 aliphatic rings. The maximum Gasteiger partial charge on any atom is 0.237 e. The van der Waals surface area contributed by atoms with Crippen molar-refractivity contribution in [3.63, 3.8) is 0 Å². The highest BCUT2D eigenvalue weighted by Gasteiger charge is 2.25. The Hall–Kier alpha value is -0.570. The molecule has 1 unspecified atom stereocenters. The molecule has 0 aromatic carbocycles. The summed E-state index contributed by atoms with van der Waals surface area (Å²) in [5.74, 6) is -0.296. The van der Waals surface area contributed by atoms with Crippen LogP contribution in [0.1, 0.15) is 47.0 Å². The fourth-order valence-corrected chi connectivity index (χ4v) is 1.27. The molecule has 0 radical (unpaired) electrons. The number of rotatable bonds is 6. The third-order valence-electron chi connectivity index (χ3n) is 2.21. The molecule has 0 saturated carbocycles. The number of carbonyl (C=O) groups excluding carboxylic acids is 1. The molecule has 0 heterocycles. The minimum absolute atomic E-state index is 0.296. The number of amides is 1. The quantitative estimate of drug-likeness (QED) is 0.659. The molecule has 3 heteroatoms. The van der Waals surface area contributed by atoms with Gasteiger partial charge in [-0.2, -0.15) is 0 Å². The number of nitrogens with two attached hydrogens (primary N) is 1. The molecule has 0 bridgehead atoms. The van der Waals surface area contributed by atoms with Crippen molar-refractivity contribution >= 4 is 5.91 Å². The zero-order valence-corrected chi connectivity index (χ0v) is 9.18. The van der Waals surface area contributed by atoms with Crippen molar-refractivity contribution in [2.45, 2.75) is 58.5 Å². The average Bonchev–Trinajstić information content (AvgIpc) is 1.99. The van der Waals surface area contributed by atoms with Crippen LogP contribution < -0.4 is 11.1 Å². The Balaban J connectivity index is 3.89. The van der Waals surface area contributed by atoms with E-state index in [9.17, 15) is 4.79 Å². The lowest BCUT2D eigenvalue weighted by Crippen LogP contribution is -2.53. The lowest BCUT2D eigenvalue weighted by Gasteiger charge is -2.27. The molecule has 0 aromatic rings. The van der Waals surface area contributed by atoms with Crippen LogP contribution in [0.5, 0.6) is 0 Å². The highest BCUT2D eigenvalue weighted by atomic mass is 16.1. The van der Waals surface area contributed by atoms with Crippen molar-refractivity contribution in [3.05, 3.63) is 0 Å². The zero-order chi connectivity index (χ0) is 10.5. The smallest absolute Gasteiger partial charge is 0.237 e. The summed E-state index contributed by atoms with van der Waals surface area (Å²) < 4.78 is 0. The second-order valence-corrected chi connectivity index (χ2v) is 4.18. The molecule has 0 aliphatic heterocycles. The van der Waals surface area contributed by atoms with E-state index < -0.39 is 5.54 Å². The average molecular weight is 186 g/mol. The highest BCUT2D eigenvalue weighted by Crippen LogP contribution is 2.06. The molecular weight excluding hydrogens is 164 g/mol. The van der Waals surface area contributed by atoms with Gasteiger partial charge in [0.15, 0.2) is 0 Å². The molecule has 0 rings (SSSR count). The molecular formula is C10H22N2O. The minimum atomic E-state index is -0.590. The first kappa shape index (κ1) is 12.4. The van der Waals surface area contributed by atoms with E-state index >= 15 is 0 Å². The zero-order valence-electron chi connectivity index (χ0n) is 9.18. The van der Waals surface area contributed by atoms with Crippen LogP contribution in [0.4, 0.5) is 0 Å². The summed E-state index contributed by atoms with van der Waals surface area (Å²) in [6, 6.07) is 0.349. The van der Waals surface area contributed by atoms with E-state index in [2.05, 4.69) is 19.2 Å². The first-order valence-electron chi connectivity index (χ1n) is 4.97. The van der Waals surface area contributed by atoms with Crippen LogP contribution in [0.25, 0.3) is 0 Å². The first-order chi connectivity index (χ1) is 5.90. The SMILES string of the molecule is CCCCC(C)NC(C)(C)C(N)=O. The van der Waals surface area contributed by atoms with E-state index in [1.165, 1.54) is 12.8 Å². The van der Waals surface area contributed by atoms with Gasteiger partial charge in [0, 0.05) is 6.04 Å². The van der Waals surface area contributed by atoms with Crippen molar-refractivity contribution < 1.29 is 4.79 Å². The summed E-state index contributed by atoms with van der Waals surface area (Å²) in [5.41, 5.74) is 4.66. The Kier molecular flexibility index (Phi) is 4.99. The van der Waals surface area contributed by atoms with Crippen molar-refractivity contribution in [2.75, 3.05) is 0 Å². The number of unbranched alkanes of at least 4 members (excludes halogenated alkanes) is 1. The Morgan fingerprint density at radius 3 is 2.46 bits per heavy atom. The molecule has 3 nitrogen and oxygen atoms in total. The second-order valence-electron chi connectivity index (χ2n) is 4.18. The van der Waals surface area contributed by atoms with Crippen LogP contribution in [0.3, 0.4) is 0 Å². The van der Waals surface area contributed by atoms with E-state index in [1.807, 2.05) is 13.8 Å². The van der Waals surface area contributed by atoms with Gasteiger partial charge in [-0.25, -0.2) is 0 Å². The molecule has 0 saturated heterocycles. The van der Waals surface area contributed by atoms with Crippen LogP contribution in [0.15, 0.2) is 0 Å². The van der Waals surface area contributed by atoms with E-state index in [4.69, 9.17) is 5.73 Å². The number of primary amides is 1. The second kappa shape index (κ2) is 5.22. The molecule has 3 N–H and O–H groups in total. The molecule has 13 heavy (non-hydrogen) atoms. The number of carbonyl (C=O) groups is 1. The van der Waals surface area contributed by atoms with Gasteiger partial charge in [-0.15, -0.1) is 0 Å². The normalized spacial score (nSPS) is 14.2. The van der Waals surface area contributed by atoms with E-state index in [0.29, 0.717) is 6.04 Å². The third kappa shape index (κ3) is 4.88. The van der Waals surface area contributed by atoms with Crippen LogP contribution >= 0.6 is 0 Å². The van der Waals surface area contributed by atoms with Gasteiger partial charge in [0.25, 0.3) is 0 Å². The molecule has 1 amide bonds. The van der Waals surface area contributed by atoms with Gasteiger partial charge in [0.2, 0.25) is 5.91 Å². The van der Waals surface area contributed by atoms with E-state index in [1.54, 1.807) is 0 Å². The maximum absolute atomic E-state index is 11.0. The van der Waals surface area contributed by atoms with Crippen molar-refractivity contribution in [2.24, 2.45) is 5.73 Å². The summed E-state index contributed by atoms with van der Waals surface area (Å²) in [6.07, 6.45) is 3.46. The lowest BCUT2D eigenvalue weighted by molar-refractivity contribution is -0.123. The summed E-state index contributed by atoms with van der Waals surface area (Å²) >= 11 is 0. The van der Waals surface area contributed by atoms with Crippen molar-refractivity contribution in [1.29, 1.82) is 0 Å². The summed E-state index contributed by atoms with van der Waals surface area (Å²) in [5, 5.41) is 3.22. The molecule has 0 fully saturated rings. The third-order valence-corrected chi connectivity index (χ3v) is 2.21. The monoisotopic (exact) mass is 186 g/mol. The van der Waals surface area contributed by atoms with Gasteiger partial charge >= 0.3 is 0 Å². The summed E-state index contributed by atoms with van der Waals surface area (Å²) in [4.78, 5) is 11.0. The predicted molar refractivity (Wildman–Crippen MR) is 55.4 cm³/mol. The highest BCUT2D eigenvalue weighted by molar-refractivity contribution is 5.83. The van der Waals surface area contributed by atoms with Gasteiger partial charge in [-0.3, -0.25) is 4.79 Å². The van der Waals surface area contributed by atoms with Gasteiger partial charge in [-0.1, -0.05) is 19.8 Å². The molecule has 0 aromatic heterocycles. The Morgan fingerprint density at radius 2 is 2.08 bits per heavy atom. The van der Waals surface area contributed by atoms with E-state index in [-0.39, 0.29) is 5.91 Å². The predicted octanol–water partition coefficient (Wildman–Crippen LogP) is 1.42. The van der Waals surface area contributed by atoms with E-state index in [0.717, 1.165) is 6.42 Å². The molecule has 1 atom stereocenters. The molecule has 0 aliphatic carbocycles. The lowest BCUT2D eigenvalue weighted by atomic mass is 10.0. The minimum Gasteiger partial charge on any atom is -0.368 e. The fraction of sp³-hybridized carbons (Fsp3) is 0.900. The van der Waals surface area contributed by atoms with Crippen LogP contribution in [0, 0.1) is 0 Å². The van der Waals surface area contributed by atoms with Crippen LogP contribution in [-0.2, 0) is 4.79 Å². The van der Waals surface area contributed by atoms with Gasteiger partial charge in [0.1, 0.15) is 0 Å². The number of nitrogens with one attached hydrogen (secondary N) is 1. The number of hydrogen-bond acceptors (Lipinski definition) is 2. The van der Waals surface area contributed by atoms with Crippen molar-refractivity contribution in [3.8, 4) is 0 Å². The number of hydrogen-bond donors (Lipinski definition) is 2. The fourth-order valence-electron chi connectivity index (χ4n) is 1.27. The van der Waals surface area contributed by atoms with Gasteiger partial charge in [-0.05, 0) is 27.2 Å². The standard InChI is InChI=1S/C10H22N2O/c1-5-6-7-8(2)12-10(3,4)9(11)13/h8,12H,5-7H2,1-4H3,(H2,11,13). The Labute approximate surface area is 81.1 Å². The van der Waals surface area contributed by atoms with Gasteiger partial charge < -0.3 is 11.1 Å². The van der Waals surface area contributed by atoms with Gasteiger partial charge in [0.05, 0.1) is 5.54 Å². The summed E-state index contributed by atoms with van der Waals surface area (Å²) in [6.45, 7) is 7.88. The van der Waals surface area contributed by atoms with Crippen LogP contribution in [0.2, 0.25) is 0 Å². The largest absolute Gasteiger partial charge is 0.368 e. The van der Waals surface area contributed by atoms with Crippen molar-refractivity contribution in [1.82, 2.24) is 5.32 Å². The topological polar surface area (TPSA) is 55.1 Å². The van der Waals surface area contributed by atoms with Crippen LogP contribution in [-0.4, -0.2) is 17.5 Å². The molecule has 0 spiro atoms. The maximum atomic E-state index is 11.0. The Morgan fingerprint density at radius 1 is 1.54 bits per heavy atom. The first-order valence-corrected chi connectivity index (χ1v) is 4.97. The Bertz CT molecular complexity index is 166. The molecule has 78 valence electrons.